The summed E-state index contributed by atoms with van der Waals surface area (Å²) in [5.74, 6) is 1.69. The number of ether oxygens (including phenoxy) is 1. The molecule has 0 aliphatic carbocycles. The van der Waals surface area contributed by atoms with Crippen molar-refractivity contribution in [3.05, 3.63) is 17.2 Å². The Morgan fingerprint density at radius 2 is 2.13 bits per heavy atom. The van der Waals surface area contributed by atoms with E-state index in [-0.39, 0.29) is 0 Å². The van der Waals surface area contributed by atoms with Gasteiger partial charge < -0.3 is 9.72 Å². The Kier molecular flexibility index (Phi) is 4.82. The standard InChI is InChI=1S/C12H22N2O/c1-5-10-11(7-6-9(2)3)14-12(13-10)8-15-4/h9H,5-8H2,1-4H3,(H,13,14). The van der Waals surface area contributed by atoms with E-state index in [9.17, 15) is 0 Å². The van der Waals surface area contributed by atoms with Crippen LogP contribution < -0.4 is 0 Å². The Bertz CT molecular complexity index is 292. The summed E-state index contributed by atoms with van der Waals surface area (Å²) in [7, 11) is 1.70. The van der Waals surface area contributed by atoms with Gasteiger partial charge in [0.05, 0.1) is 5.69 Å². The molecule has 1 heterocycles. The minimum absolute atomic E-state index is 0.578. The molecule has 0 spiro atoms. The molecular formula is C12H22N2O. The van der Waals surface area contributed by atoms with Crippen LogP contribution in [-0.2, 0) is 24.2 Å². The highest BCUT2D eigenvalue weighted by molar-refractivity contribution is 5.14. The Balaban J connectivity index is 2.67. The van der Waals surface area contributed by atoms with Crippen molar-refractivity contribution in [2.75, 3.05) is 7.11 Å². The molecule has 0 saturated carbocycles. The zero-order valence-corrected chi connectivity index (χ0v) is 10.3. The molecule has 0 radical (unpaired) electrons. The molecule has 0 fully saturated rings. The lowest BCUT2D eigenvalue weighted by Gasteiger charge is -2.03. The SMILES string of the molecule is CCc1nc(COC)[nH]c1CCC(C)C. The maximum atomic E-state index is 5.07. The molecule has 0 amide bonds. The van der Waals surface area contributed by atoms with Gasteiger partial charge in [-0.1, -0.05) is 20.8 Å². The average Bonchev–Trinajstić information content (AvgIpc) is 2.58. The largest absolute Gasteiger partial charge is 0.377 e. The number of nitrogens with zero attached hydrogens (tertiary/aromatic N) is 1. The minimum atomic E-state index is 0.578. The molecule has 1 aromatic rings. The predicted octanol–water partition coefficient (Wildman–Crippen LogP) is 2.71. The summed E-state index contributed by atoms with van der Waals surface area (Å²) >= 11 is 0. The number of aromatic nitrogens is 2. The summed E-state index contributed by atoms with van der Waals surface area (Å²) in [5.41, 5.74) is 2.49. The van der Waals surface area contributed by atoms with E-state index in [1.54, 1.807) is 7.11 Å². The molecular weight excluding hydrogens is 188 g/mol. The molecule has 0 aliphatic rings. The summed E-state index contributed by atoms with van der Waals surface area (Å²) in [6, 6.07) is 0. The number of rotatable bonds is 6. The second-order valence-corrected chi connectivity index (χ2v) is 4.33. The summed E-state index contributed by atoms with van der Waals surface area (Å²) in [4.78, 5) is 7.87. The van der Waals surface area contributed by atoms with E-state index < -0.39 is 0 Å². The fourth-order valence-electron chi connectivity index (χ4n) is 1.64. The topological polar surface area (TPSA) is 37.9 Å². The molecule has 1 rings (SSSR count). The van der Waals surface area contributed by atoms with Crippen molar-refractivity contribution in [1.82, 2.24) is 9.97 Å². The zero-order chi connectivity index (χ0) is 11.3. The van der Waals surface area contributed by atoms with Gasteiger partial charge in [-0.3, -0.25) is 0 Å². The lowest BCUT2D eigenvalue weighted by molar-refractivity contribution is 0.178. The fourth-order valence-corrected chi connectivity index (χ4v) is 1.64. The lowest BCUT2D eigenvalue weighted by Crippen LogP contribution is -1.96. The van der Waals surface area contributed by atoms with Crippen molar-refractivity contribution in [3.63, 3.8) is 0 Å². The second kappa shape index (κ2) is 5.91. The van der Waals surface area contributed by atoms with Crippen molar-refractivity contribution >= 4 is 0 Å². The summed E-state index contributed by atoms with van der Waals surface area (Å²) in [6.07, 6.45) is 3.30. The fraction of sp³-hybridized carbons (Fsp3) is 0.750. The molecule has 0 unspecified atom stereocenters. The molecule has 1 aromatic heterocycles. The number of methoxy groups -OCH3 is 1. The Hall–Kier alpha value is -0.830. The van der Waals surface area contributed by atoms with Crippen LogP contribution in [0, 0.1) is 5.92 Å². The quantitative estimate of drug-likeness (QED) is 0.784. The van der Waals surface area contributed by atoms with Gasteiger partial charge in [0, 0.05) is 12.8 Å². The third-order valence-electron chi connectivity index (χ3n) is 2.50. The highest BCUT2D eigenvalue weighted by Crippen LogP contribution is 2.13. The maximum Gasteiger partial charge on any atom is 0.132 e. The number of imidazole rings is 1. The van der Waals surface area contributed by atoms with Crippen molar-refractivity contribution in [1.29, 1.82) is 0 Å². The van der Waals surface area contributed by atoms with Gasteiger partial charge >= 0.3 is 0 Å². The van der Waals surface area contributed by atoms with Crippen molar-refractivity contribution in [3.8, 4) is 0 Å². The van der Waals surface area contributed by atoms with E-state index in [1.165, 1.54) is 17.8 Å². The number of aryl methyl sites for hydroxylation is 2. The second-order valence-electron chi connectivity index (χ2n) is 4.33. The number of hydrogen-bond donors (Lipinski definition) is 1. The van der Waals surface area contributed by atoms with Crippen LogP contribution in [-0.4, -0.2) is 17.1 Å². The summed E-state index contributed by atoms with van der Waals surface area (Å²) in [5, 5.41) is 0. The Morgan fingerprint density at radius 3 is 2.67 bits per heavy atom. The van der Waals surface area contributed by atoms with Gasteiger partial charge in [-0.15, -0.1) is 0 Å². The molecule has 3 heteroatoms. The van der Waals surface area contributed by atoms with E-state index in [4.69, 9.17) is 4.74 Å². The summed E-state index contributed by atoms with van der Waals surface area (Å²) in [6.45, 7) is 7.22. The molecule has 0 atom stereocenters. The first-order valence-electron chi connectivity index (χ1n) is 5.72. The van der Waals surface area contributed by atoms with Crippen molar-refractivity contribution in [2.45, 2.75) is 46.6 Å². The van der Waals surface area contributed by atoms with Gasteiger partial charge in [-0.2, -0.15) is 0 Å². The molecule has 1 N–H and O–H groups in total. The number of aromatic amines is 1. The first-order chi connectivity index (χ1) is 7.17. The Morgan fingerprint density at radius 1 is 1.40 bits per heavy atom. The van der Waals surface area contributed by atoms with Gasteiger partial charge in [-0.05, 0) is 25.2 Å². The van der Waals surface area contributed by atoms with Crippen LogP contribution >= 0.6 is 0 Å². The highest BCUT2D eigenvalue weighted by Gasteiger charge is 2.08. The van der Waals surface area contributed by atoms with Crippen molar-refractivity contribution in [2.24, 2.45) is 5.92 Å². The molecule has 15 heavy (non-hydrogen) atoms. The number of hydrogen-bond acceptors (Lipinski definition) is 2. The predicted molar refractivity (Wildman–Crippen MR) is 61.8 cm³/mol. The molecule has 0 aromatic carbocycles. The third-order valence-corrected chi connectivity index (χ3v) is 2.50. The number of H-pyrrole nitrogens is 1. The van der Waals surface area contributed by atoms with E-state index >= 15 is 0 Å². The Labute approximate surface area is 92.3 Å². The van der Waals surface area contributed by atoms with Crippen LogP contribution in [0.15, 0.2) is 0 Å². The molecule has 0 saturated heterocycles. The first kappa shape index (κ1) is 12.2. The highest BCUT2D eigenvalue weighted by atomic mass is 16.5. The first-order valence-corrected chi connectivity index (χ1v) is 5.72. The zero-order valence-electron chi connectivity index (χ0n) is 10.3. The van der Waals surface area contributed by atoms with Crippen LogP contribution in [0.3, 0.4) is 0 Å². The smallest absolute Gasteiger partial charge is 0.132 e. The minimum Gasteiger partial charge on any atom is -0.377 e. The van der Waals surface area contributed by atoms with E-state index in [2.05, 4.69) is 30.7 Å². The van der Waals surface area contributed by atoms with E-state index in [1.807, 2.05) is 0 Å². The maximum absolute atomic E-state index is 5.07. The van der Waals surface area contributed by atoms with E-state index in [0.717, 1.165) is 24.6 Å². The normalized spacial score (nSPS) is 11.3. The van der Waals surface area contributed by atoms with Crippen LogP contribution in [0.25, 0.3) is 0 Å². The van der Waals surface area contributed by atoms with Gasteiger partial charge in [0.15, 0.2) is 0 Å². The van der Waals surface area contributed by atoms with Gasteiger partial charge in [-0.25, -0.2) is 4.98 Å². The number of nitrogens with one attached hydrogen (secondary N) is 1. The molecule has 86 valence electrons. The molecule has 3 nitrogen and oxygen atoms in total. The van der Waals surface area contributed by atoms with Crippen LogP contribution in [0.1, 0.15) is 44.4 Å². The lowest BCUT2D eigenvalue weighted by atomic mass is 10.1. The monoisotopic (exact) mass is 210 g/mol. The van der Waals surface area contributed by atoms with Gasteiger partial charge in [0.2, 0.25) is 0 Å². The van der Waals surface area contributed by atoms with Crippen LogP contribution in [0.5, 0.6) is 0 Å². The molecule has 0 bridgehead atoms. The van der Waals surface area contributed by atoms with E-state index in [0.29, 0.717) is 6.61 Å². The van der Waals surface area contributed by atoms with Crippen LogP contribution in [0.4, 0.5) is 0 Å². The van der Waals surface area contributed by atoms with Gasteiger partial charge in [0.25, 0.3) is 0 Å². The molecule has 0 aliphatic heterocycles. The van der Waals surface area contributed by atoms with Crippen molar-refractivity contribution < 1.29 is 4.74 Å². The third kappa shape index (κ3) is 3.67. The van der Waals surface area contributed by atoms with Crippen LogP contribution in [0.2, 0.25) is 0 Å². The van der Waals surface area contributed by atoms with Gasteiger partial charge in [0.1, 0.15) is 12.4 Å². The summed E-state index contributed by atoms with van der Waals surface area (Å²) < 4.78 is 5.07. The average molecular weight is 210 g/mol.